The maximum absolute atomic E-state index is 6.00. The van der Waals surface area contributed by atoms with Crippen molar-refractivity contribution in [1.82, 2.24) is 4.68 Å². The fraction of sp³-hybridized carbons (Fsp3) is 0.111. The number of halogens is 1. The molecule has 3 aromatic rings. The smallest absolute Gasteiger partial charge is 0.206 e. The third kappa shape index (κ3) is 4.12. The van der Waals surface area contributed by atoms with Crippen molar-refractivity contribution < 1.29 is 0 Å². The summed E-state index contributed by atoms with van der Waals surface area (Å²) in [7, 11) is 0. The Balaban J connectivity index is 2.06. The van der Waals surface area contributed by atoms with Gasteiger partial charge in [-0.05, 0) is 30.5 Å². The van der Waals surface area contributed by atoms with Crippen LogP contribution in [0.15, 0.2) is 69.4 Å². The summed E-state index contributed by atoms with van der Waals surface area (Å²) in [5.74, 6) is 0. The molecular formula is C18H16ClN3S2. The van der Waals surface area contributed by atoms with Crippen LogP contribution in [0.5, 0.6) is 0 Å². The third-order valence-electron chi connectivity index (χ3n) is 3.15. The lowest BCUT2D eigenvalue weighted by atomic mass is 10.2. The van der Waals surface area contributed by atoms with E-state index in [9.17, 15) is 0 Å². The molecule has 0 spiro atoms. The SMILES string of the molecule is C=C(C)CN=c1scc(-c2ccc(Cl)cc2)n1N=Cc1cccs1. The summed E-state index contributed by atoms with van der Waals surface area (Å²) in [5, 5.41) is 9.45. The summed E-state index contributed by atoms with van der Waals surface area (Å²) in [6.45, 7) is 6.47. The summed E-state index contributed by atoms with van der Waals surface area (Å²) < 4.78 is 1.87. The van der Waals surface area contributed by atoms with Crippen molar-refractivity contribution in [2.45, 2.75) is 6.92 Å². The number of thiophene rings is 1. The van der Waals surface area contributed by atoms with E-state index in [1.807, 2.05) is 59.6 Å². The minimum absolute atomic E-state index is 0.592. The lowest BCUT2D eigenvalue weighted by molar-refractivity contribution is 0.836. The molecule has 0 bridgehead atoms. The lowest BCUT2D eigenvalue weighted by Crippen LogP contribution is -2.12. The first-order valence-electron chi connectivity index (χ1n) is 7.33. The highest BCUT2D eigenvalue weighted by Crippen LogP contribution is 2.22. The topological polar surface area (TPSA) is 29.6 Å². The summed E-state index contributed by atoms with van der Waals surface area (Å²) in [4.78, 5) is 6.56. The van der Waals surface area contributed by atoms with Crippen molar-refractivity contribution in [1.29, 1.82) is 0 Å². The average Bonchev–Trinajstić information content (AvgIpc) is 3.21. The van der Waals surface area contributed by atoms with E-state index in [1.165, 1.54) is 0 Å². The molecule has 3 nitrogen and oxygen atoms in total. The van der Waals surface area contributed by atoms with E-state index in [2.05, 4.69) is 22.1 Å². The Hall–Kier alpha value is -1.95. The Bertz CT molecular complexity index is 916. The predicted octanol–water partition coefficient (Wildman–Crippen LogP) is 5.29. The fourth-order valence-corrected chi connectivity index (χ4v) is 3.56. The fourth-order valence-electron chi connectivity index (χ4n) is 2.02. The van der Waals surface area contributed by atoms with Crippen LogP contribution in [0.3, 0.4) is 0 Å². The van der Waals surface area contributed by atoms with Gasteiger partial charge in [-0.1, -0.05) is 42.0 Å². The monoisotopic (exact) mass is 373 g/mol. The molecule has 0 aliphatic heterocycles. The largest absolute Gasteiger partial charge is 0.253 e. The Morgan fingerprint density at radius 2 is 2.04 bits per heavy atom. The van der Waals surface area contributed by atoms with Gasteiger partial charge in [-0.2, -0.15) is 5.10 Å². The predicted molar refractivity (Wildman–Crippen MR) is 105 cm³/mol. The average molecular weight is 374 g/mol. The molecular weight excluding hydrogens is 358 g/mol. The van der Waals surface area contributed by atoms with Crippen LogP contribution in [0, 0.1) is 0 Å². The van der Waals surface area contributed by atoms with Crippen LogP contribution in [-0.4, -0.2) is 17.4 Å². The standard InChI is InChI=1S/C18H16ClN3S2/c1-13(2)10-20-18-22(21-11-16-4-3-9-23-16)17(12-24-18)14-5-7-15(19)8-6-14/h3-9,11-12H,1,10H2,2H3. The number of nitrogens with zero attached hydrogens (tertiary/aromatic N) is 3. The minimum Gasteiger partial charge on any atom is -0.253 e. The van der Waals surface area contributed by atoms with Gasteiger partial charge < -0.3 is 0 Å². The van der Waals surface area contributed by atoms with E-state index in [4.69, 9.17) is 11.6 Å². The second kappa shape index (κ2) is 7.75. The molecule has 1 aromatic carbocycles. The van der Waals surface area contributed by atoms with Crippen molar-refractivity contribution in [3.63, 3.8) is 0 Å². The van der Waals surface area contributed by atoms with Gasteiger partial charge in [-0.3, -0.25) is 4.99 Å². The molecule has 122 valence electrons. The molecule has 0 aliphatic carbocycles. The molecule has 0 unspecified atom stereocenters. The van der Waals surface area contributed by atoms with Gasteiger partial charge in [0.1, 0.15) is 0 Å². The first-order valence-corrected chi connectivity index (χ1v) is 9.46. The van der Waals surface area contributed by atoms with Gasteiger partial charge >= 0.3 is 0 Å². The van der Waals surface area contributed by atoms with Crippen molar-refractivity contribution in [2.75, 3.05) is 6.54 Å². The molecule has 6 heteroatoms. The van der Waals surface area contributed by atoms with Gasteiger partial charge in [0.25, 0.3) is 0 Å². The highest BCUT2D eigenvalue weighted by Gasteiger charge is 2.07. The van der Waals surface area contributed by atoms with Crippen molar-refractivity contribution in [3.8, 4) is 11.3 Å². The van der Waals surface area contributed by atoms with Crippen molar-refractivity contribution in [3.05, 3.63) is 74.0 Å². The highest BCUT2D eigenvalue weighted by atomic mass is 35.5. The molecule has 0 atom stereocenters. The van der Waals surface area contributed by atoms with Crippen molar-refractivity contribution in [2.24, 2.45) is 10.1 Å². The molecule has 3 rings (SSSR count). The second-order valence-corrected chi connectivity index (χ2v) is 7.51. The van der Waals surface area contributed by atoms with E-state index >= 15 is 0 Å². The Morgan fingerprint density at radius 1 is 1.25 bits per heavy atom. The van der Waals surface area contributed by atoms with E-state index in [-0.39, 0.29) is 0 Å². The molecule has 2 heterocycles. The maximum Gasteiger partial charge on any atom is 0.206 e. The van der Waals surface area contributed by atoms with Gasteiger partial charge in [0.05, 0.1) is 18.5 Å². The zero-order valence-corrected chi connectivity index (χ0v) is 15.5. The molecule has 24 heavy (non-hydrogen) atoms. The van der Waals surface area contributed by atoms with Crippen LogP contribution in [0.1, 0.15) is 11.8 Å². The summed E-state index contributed by atoms with van der Waals surface area (Å²) in [6.07, 6.45) is 1.86. The van der Waals surface area contributed by atoms with Crippen molar-refractivity contribution >= 4 is 40.5 Å². The van der Waals surface area contributed by atoms with Crippen LogP contribution in [0.25, 0.3) is 11.3 Å². The van der Waals surface area contributed by atoms with Gasteiger partial charge in [0.2, 0.25) is 4.80 Å². The molecule has 0 N–H and O–H groups in total. The van der Waals surface area contributed by atoms with Crippen LogP contribution >= 0.6 is 34.3 Å². The van der Waals surface area contributed by atoms with Gasteiger partial charge in [-0.25, -0.2) is 4.68 Å². The second-order valence-electron chi connectivity index (χ2n) is 5.26. The number of hydrogen-bond donors (Lipinski definition) is 0. The normalized spacial score (nSPS) is 12.2. The Kier molecular flexibility index (Phi) is 5.45. The van der Waals surface area contributed by atoms with E-state index in [1.54, 1.807) is 22.7 Å². The highest BCUT2D eigenvalue weighted by molar-refractivity contribution is 7.11. The molecule has 0 fully saturated rings. The molecule has 0 radical (unpaired) electrons. The molecule has 0 aliphatic rings. The molecule has 0 amide bonds. The Labute approximate surface area is 153 Å². The zero-order chi connectivity index (χ0) is 16.9. The van der Waals surface area contributed by atoms with E-state index in [0.29, 0.717) is 6.54 Å². The Morgan fingerprint density at radius 3 is 2.71 bits per heavy atom. The molecule has 0 saturated heterocycles. The van der Waals surface area contributed by atoms with E-state index < -0.39 is 0 Å². The van der Waals surface area contributed by atoms with Crippen LogP contribution < -0.4 is 4.80 Å². The molecule has 2 aromatic heterocycles. The minimum atomic E-state index is 0.592. The quantitative estimate of drug-likeness (QED) is 0.429. The van der Waals surface area contributed by atoms with Gasteiger partial charge in [0, 0.05) is 20.8 Å². The maximum atomic E-state index is 6.00. The van der Waals surface area contributed by atoms with Gasteiger partial charge in [0.15, 0.2) is 0 Å². The van der Waals surface area contributed by atoms with Gasteiger partial charge in [-0.15, -0.1) is 22.7 Å². The lowest BCUT2D eigenvalue weighted by Gasteiger charge is -2.03. The number of thiazole rings is 1. The number of hydrogen-bond acceptors (Lipinski definition) is 4. The zero-order valence-electron chi connectivity index (χ0n) is 13.1. The van der Waals surface area contributed by atoms with Crippen LogP contribution in [0.2, 0.25) is 5.02 Å². The molecule has 0 saturated carbocycles. The summed E-state index contributed by atoms with van der Waals surface area (Å²) in [6, 6.07) is 11.8. The number of aromatic nitrogens is 1. The first-order chi connectivity index (χ1) is 11.6. The number of rotatable bonds is 5. The van der Waals surface area contributed by atoms with Crippen LogP contribution in [-0.2, 0) is 0 Å². The summed E-state index contributed by atoms with van der Waals surface area (Å²) in [5.41, 5.74) is 3.06. The summed E-state index contributed by atoms with van der Waals surface area (Å²) >= 11 is 9.21. The third-order valence-corrected chi connectivity index (χ3v) is 5.07. The number of benzene rings is 1. The van der Waals surface area contributed by atoms with Crippen LogP contribution in [0.4, 0.5) is 0 Å². The first kappa shape index (κ1) is 16.9. The van der Waals surface area contributed by atoms with E-state index in [0.717, 1.165) is 31.5 Å².